The molecule has 2 N–H and O–H groups in total. The van der Waals surface area contributed by atoms with Crippen molar-refractivity contribution >= 4 is 34.8 Å². The van der Waals surface area contributed by atoms with Crippen molar-refractivity contribution < 1.29 is 14.0 Å². The van der Waals surface area contributed by atoms with Gasteiger partial charge in [-0.25, -0.2) is 4.39 Å². The topological polar surface area (TPSA) is 58.2 Å². The lowest BCUT2D eigenvalue weighted by Gasteiger charge is -2.24. The highest BCUT2D eigenvalue weighted by atomic mass is 35.5. The number of amides is 2. The third-order valence-electron chi connectivity index (χ3n) is 3.93. The SMILES string of the molecule is Cc1cc(C)c(NC(=O)C(C)(C)C(=O)Nc2ccccc2F)c(Cl)c1. The van der Waals surface area contributed by atoms with E-state index < -0.39 is 23.0 Å². The van der Waals surface area contributed by atoms with Crippen molar-refractivity contribution in [1.82, 2.24) is 0 Å². The van der Waals surface area contributed by atoms with Gasteiger partial charge in [0.1, 0.15) is 11.2 Å². The number of benzene rings is 2. The van der Waals surface area contributed by atoms with Gasteiger partial charge in [0, 0.05) is 0 Å². The number of hydrogen-bond donors (Lipinski definition) is 2. The van der Waals surface area contributed by atoms with Crippen molar-refractivity contribution in [3.63, 3.8) is 0 Å². The van der Waals surface area contributed by atoms with Crippen LogP contribution < -0.4 is 10.6 Å². The lowest BCUT2D eigenvalue weighted by atomic mass is 9.90. The summed E-state index contributed by atoms with van der Waals surface area (Å²) < 4.78 is 13.7. The Hall–Kier alpha value is -2.40. The molecule has 0 aliphatic heterocycles. The fourth-order valence-electron chi connectivity index (χ4n) is 2.29. The Morgan fingerprint density at radius 2 is 1.64 bits per heavy atom. The quantitative estimate of drug-likeness (QED) is 0.774. The molecule has 6 heteroatoms. The average molecular weight is 363 g/mol. The van der Waals surface area contributed by atoms with Gasteiger partial charge in [0.05, 0.1) is 16.4 Å². The second-order valence-electron chi connectivity index (χ2n) is 6.45. The summed E-state index contributed by atoms with van der Waals surface area (Å²) in [5.41, 5.74) is 0.825. The van der Waals surface area contributed by atoms with Gasteiger partial charge in [-0.15, -0.1) is 0 Å². The predicted molar refractivity (Wildman–Crippen MR) is 98.4 cm³/mol. The molecule has 0 aromatic heterocycles. The molecule has 0 bridgehead atoms. The zero-order chi connectivity index (χ0) is 18.8. The number of carbonyl (C=O) groups is 2. The number of hydrogen-bond acceptors (Lipinski definition) is 2. The molecular formula is C19H20ClFN2O2. The Morgan fingerprint density at radius 1 is 1.04 bits per heavy atom. The zero-order valence-corrected chi connectivity index (χ0v) is 15.3. The smallest absolute Gasteiger partial charge is 0.239 e. The van der Waals surface area contributed by atoms with Crippen LogP contribution in [0.2, 0.25) is 5.02 Å². The van der Waals surface area contributed by atoms with Crippen molar-refractivity contribution in [2.24, 2.45) is 5.41 Å². The minimum absolute atomic E-state index is 0.0259. The van der Waals surface area contributed by atoms with Gasteiger partial charge in [-0.1, -0.05) is 29.8 Å². The predicted octanol–water partition coefficient (Wildman–Crippen LogP) is 4.70. The monoisotopic (exact) mass is 362 g/mol. The van der Waals surface area contributed by atoms with Crippen LogP contribution in [0.4, 0.5) is 15.8 Å². The fourth-order valence-corrected chi connectivity index (χ4v) is 2.66. The van der Waals surface area contributed by atoms with Crippen LogP contribution in [0.3, 0.4) is 0 Å². The molecule has 0 saturated heterocycles. The molecule has 0 unspecified atom stereocenters. The number of carbonyl (C=O) groups excluding carboxylic acids is 2. The summed E-state index contributed by atoms with van der Waals surface area (Å²) in [7, 11) is 0. The van der Waals surface area contributed by atoms with Gasteiger partial charge in [0.2, 0.25) is 11.8 Å². The van der Waals surface area contributed by atoms with E-state index >= 15 is 0 Å². The van der Waals surface area contributed by atoms with Crippen LogP contribution in [0, 0.1) is 25.1 Å². The van der Waals surface area contributed by atoms with Crippen LogP contribution in [0.5, 0.6) is 0 Å². The minimum Gasteiger partial charge on any atom is -0.324 e. The van der Waals surface area contributed by atoms with Crippen LogP contribution in [-0.2, 0) is 9.59 Å². The first-order valence-electron chi connectivity index (χ1n) is 7.77. The maximum absolute atomic E-state index is 13.7. The number of rotatable bonds is 4. The summed E-state index contributed by atoms with van der Waals surface area (Å²) in [4.78, 5) is 25.1. The van der Waals surface area contributed by atoms with E-state index in [2.05, 4.69) is 10.6 Å². The fraction of sp³-hybridized carbons (Fsp3) is 0.263. The molecule has 0 aliphatic carbocycles. The Kier molecular flexibility index (Phi) is 5.48. The third kappa shape index (κ3) is 4.17. The van der Waals surface area contributed by atoms with Crippen LogP contribution in [-0.4, -0.2) is 11.8 Å². The molecule has 2 amide bonds. The summed E-state index contributed by atoms with van der Waals surface area (Å²) in [6, 6.07) is 9.40. The van der Waals surface area contributed by atoms with E-state index in [4.69, 9.17) is 11.6 Å². The minimum atomic E-state index is -1.43. The molecular weight excluding hydrogens is 343 g/mol. The van der Waals surface area contributed by atoms with Gasteiger partial charge < -0.3 is 10.6 Å². The van der Waals surface area contributed by atoms with E-state index in [-0.39, 0.29) is 5.69 Å². The molecule has 25 heavy (non-hydrogen) atoms. The first kappa shape index (κ1) is 18.9. The van der Waals surface area contributed by atoms with Crippen molar-refractivity contribution in [3.05, 3.63) is 58.4 Å². The highest BCUT2D eigenvalue weighted by Crippen LogP contribution is 2.30. The van der Waals surface area contributed by atoms with E-state index in [1.54, 1.807) is 12.1 Å². The van der Waals surface area contributed by atoms with Crippen LogP contribution in [0.25, 0.3) is 0 Å². The van der Waals surface area contributed by atoms with Crippen molar-refractivity contribution in [2.75, 3.05) is 10.6 Å². The molecule has 132 valence electrons. The van der Waals surface area contributed by atoms with Crippen LogP contribution in [0.15, 0.2) is 36.4 Å². The largest absolute Gasteiger partial charge is 0.324 e. The number of para-hydroxylation sites is 1. The Labute approximate surface area is 151 Å². The summed E-state index contributed by atoms with van der Waals surface area (Å²) in [6.45, 7) is 6.66. The molecule has 2 aromatic rings. The summed E-state index contributed by atoms with van der Waals surface area (Å²) in [5.74, 6) is -1.71. The molecule has 0 fully saturated rings. The van der Waals surface area contributed by atoms with E-state index in [0.717, 1.165) is 11.1 Å². The molecule has 0 radical (unpaired) electrons. The molecule has 0 aliphatic rings. The second-order valence-corrected chi connectivity index (χ2v) is 6.86. The van der Waals surface area contributed by atoms with Crippen molar-refractivity contribution in [3.8, 4) is 0 Å². The maximum Gasteiger partial charge on any atom is 0.239 e. The molecule has 0 heterocycles. The van der Waals surface area contributed by atoms with Gasteiger partial charge in [-0.2, -0.15) is 0 Å². The van der Waals surface area contributed by atoms with Gasteiger partial charge in [-0.3, -0.25) is 9.59 Å². The second kappa shape index (κ2) is 7.23. The normalized spacial score (nSPS) is 11.1. The zero-order valence-electron chi connectivity index (χ0n) is 14.5. The maximum atomic E-state index is 13.7. The average Bonchev–Trinajstić information content (AvgIpc) is 2.52. The van der Waals surface area contributed by atoms with Crippen LogP contribution in [0.1, 0.15) is 25.0 Å². The number of aryl methyl sites for hydroxylation is 2. The highest BCUT2D eigenvalue weighted by molar-refractivity contribution is 6.34. The Balaban J connectivity index is 2.20. The van der Waals surface area contributed by atoms with Crippen molar-refractivity contribution in [1.29, 1.82) is 0 Å². The molecule has 2 aromatic carbocycles. The molecule has 2 rings (SSSR count). The van der Waals surface area contributed by atoms with E-state index in [9.17, 15) is 14.0 Å². The van der Waals surface area contributed by atoms with Gasteiger partial charge in [0.15, 0.2) is 0 Å². The summed E-state index contributed by atoms with van der Waals surface area (Å²) >= 11 is 6.19. The van der Waals surface area contributed by atoms with Gasteiger partial charge in [0.25, 0.3) is 0 Å². The van der Waals surface area contributed by atoms with Crippen LogP contribution >= 0.6 is 11.6 Å². The Morgan fingerprint density at radius 3 is 2.24 bits per heavy atom. The standard InChI is InChI=1S/C19H20ClFN2O2/c1-11-9-12(2)16(13(20)10-11)23-18(25)19(3,4)17(24)22-15-8-6-5-7-14(15)21/h5-10H,1-4H3,(H,22,24)(H,23,25). The number of nitrogens with one attached hydrogen (secondary N) is 2. The van der Waals surface area contributed by atoms with E-state index in [1.807, 2.05) is 19.9 Å². The molecule has 0 spiro atoms. The first-order valence-corrected chi connectivity index (χ1v) is 8.15. The van der Waals surface area contributed by atoms with E-state index in [1.165, 1.54) is 32.0 Å². The van der Waals surface area contributed by atoms with Crippen molar-refractivity contribution in [2.45, 2.75) is 27.7 Å². The summed E-state index contributed by atoms with van der Waals surface area (Å²) in [6.07, 6.45) is 0. The molecule has 4 nitrogen and oxygen atoms in total. The lowest BCUT2D eigenvalue weighted by molar-refractivity contribution is -0.135. The molecule has 0 saturated carbocycles. The highest BCUT2D eigenvalue weighted by Gasteiger charge is 2.37. The van der Waals surface area contributed by atoms with E-state index in [0.29, 0.717) is 10.7 Å². The number of anilines is 2. The first-order chi connectivity index (χ1) is 11.6. The van der Waals surface area contributed by atoms with Gasteiger partial charge in [-0.05, 0) is 57.0 Å². The third-order valence-corrected chi connectivity index (χ3v) is 4.23. The number of halogens is 2. The lowest BCUT2D eigenvalue weighted by Crippen LogP contribution is -2.42. The molecule has 0 atom stereocenters. The van der Waals surface area contributed by atoms with Gasteiger partial charge >= 0.3 is 0 Å². The Bertz CT molecular complexity index is 811. The summed E-state index contributed by atoms with van der Waals surface area (Å²) in [5, 5.41) is 5.55.